The van der Waals surface area contributed by atoms with Crippen LogP contribution >= 0.6 is 0 Å². The molecule has 0 amide bonds. The van der Waals surface area contributed by atoms with Gasteiger partial charge < -0.3 is 0 Å². The molecule has 2 aromatic rings. The SMILES string of the molecule is CC(C)/C(=C\c1ccccc1)C(=O)c1ccccc1. The molecule has 1 heteroatoms. The van der Waals surface area contributed by atoms with Gasteiger partial charge in [0.25, 0.3) is 0 Å². The van der Waals surface area contributed by atoms with Crippen LogP contribution in [0.15, 0.2) is 66.2 Å². The van der Waals surface area contributed by atoms with Crippen molar-refractivity contribution >= 4 is 11.9 Å². The average Bonchev–Trinajstić information content (AvgIpc) is 2.46. The van der Waals surface area contributed by atoms with Crippen LogP contribution in [0, 0.1) is 5.92 Å². The van der Waals surface area contributed by atoms with Crippen LogP contribution < -0.4 is 0 Å². The molecule has 0 saturated carbocycles. The predicted molar refractivity (Wildman–Crippen MR) is 80.0 cm³/mol. The molecule has 0 aliphatic rings. The van der Waals surface area contributed by atoms with Gasteiger partial charge in [-0.1, -0.05) is 74.5 Å². The van der Waals surface area contributed by atoms with Gasteiger partial charge in [-0.25, -0.2) is 0 Å². The highest BCUT2D eigenvalue weighted by Gasteiger charge is 2.15. The third-order valence-electron chi connectivity index (χ3n) is 3.04. The molecule has 2 aromatic carbocycles. The van der Waals surface area contributed by atoms with Gasteiger partial charge in [-0.15, -0.1) is 0 Å². The second kappa shape index (κ2) is 6.14. The Morgan fingerprint density at radius 3 is 1.95 bits per heavy atom. The first-order valence-corrected chi connectivity index (χ1v) is 6.55. The molecule has 0 radical (unpaired) electrons. The Balaban J connectivity index is 2.37. The lowest BCUT2D eigenvalue weighted by Crippen LogP contribution is -2.08. The molecule has 0 aliphatic heterocycles. The maximum Gasteiger partial charge on any atom is 0.189 e. The highest BCUT2D eigenvalue weighted by molar-refractivity contribution is 6.11. The fraction of sp³-hybridized carbons (Fsp3) is 0.167. The van der Waals surface area contributed by atoms with Crippen molar-refractivity contribution in [2.45, 2.75) is 13.8 Å². The number of carbonyl (C=O) groups is 1. The Labute approximate surface area is 114 Å². The first kappa shape index (κ1) is 13.3. The summed E-state index contributed by atoms with van der Waals surface area (Å²) in [5, 5.41) is 0. The number of hydrogen-bond donors (Lipinski definition) is 0. The summed E-state index contributed by atoms with van der Waals surface area (Å²) in [4.78, 5) is 12.5. The highest BCUT2D eigenvalue weighted by Crippen LogP contribution is 2.19. The molecule has 19 heavy (non-hydrogen) atoms. The molecule has 0 spiro atoms. The van der Waals surface area contributed by atoms with Gasteiger partial charge in [0.2, 0.25) is 0 Å². The zero-order valence-corrected chi connectivity index (χ0v) is 11.3. The standard InChI is InChI=1S/C18H18O/c1-14(2)17(13-15-9-5-3-6-10-15)18(19)16-11-7-4-8-12-16/h3-14H,1-2H3/b17-13+. The normalized spacial score (nSPS) is 11.6. The number of hydrogen-bond acceptors (Lipinski definition) is 1. The van der Waals surface area contributed by atoms with Gasteiger partial charge in [-0.05, 0) is 17.6 Å². The lowest BCUT2D eigenvalue weighted by atomic mass is 9.92. The maximum absolute atomic E-state index is 12.5. The molecule has 96 valence electrons. The fourth-order valence-electron chi connectivity index (χ4n) is 1.98. The van der Waals surface area contributed by atoms with Gasteiger partial charge in [0.15, 0.2) is 5.78 Å². The molecule has 0 aliphatic carbocycles. The Morgan fingerprint density at radius 2 is 1.42 bits per heavy atom. The van der Waals surface area contributed by atoms with Gasteiger partial charge in [0.05, 0.1) is 0 Å². The molecule has 0 saturated heterocycles. The van der Waals surface area contributed by atoms with Gasteiger partial charge in [0.1, 0.15) is 0 Å². The summed E-state index contributed by atoms with van der Waals surface area (Å²) in [6.07, 6.45) is 1.99. The minimum atomic E-state index is 0.111. The van der Waals surface area contributed by atoms with Crippen molar-refractivity contribution in [2.24, 2.45) is 5.92 Å². The first-order valence-electron chi connectivity index (χ1n) is 6.55. The molecule has 2 rings (SSSR count). The maximum atomic E-state index is 12.5. The summed E-state index contributed by atoms with van der Waals surface area (Å²) >= 11 is 0. The third-order valence-corrected chi connectivity index (χ3v) is 3.04. The van der Waals surface area contributed by atoms with Crippen LogP contribution in [-0.2, 0) is 0 Å². The van der Waals surface area contributed by atoms with Crippen molar-refractivity contribution in [3.05, 3.63) is 77.4 Å². The van der Waals surface area contributed by atoms with Crippen LogP contribution in [0.25, 0.3) is 6.08 Å². The summed E-state index contributed by atoms with van der Waals surface area (Å²) in [5.41, 5.74) is 2.66. The Kier molecular flexibility index (Phi) is 4.30. The van der Waals surface area contributed by atoms with Crippen LogP contribution in [0.2, 0.25) is 0 Å². The lowest BCUT2D eigenvalue weighted by Gasteiger charge is -2.10. The summed E-state index contributed by atoms with van der Waals surface area (Å²) < 4.78 is 0. The van der Waals surface area contributed by atoms with E-state index in [1.165, 1.54) is 0 Å². The Hall–Kier alpha value is -2.15. The molecule has 0 fully saturated rings. The van der Waals surface area contributed by atoms with Crippen molar-refractivity contribution in [3.63, 3.8) is 0 Å². The second-order valence-electron chi connectivity index (χ2n) is 4.86. The van der Waals surface area contributed by atoms with E-state index < -0.39 is 0 Å². The molecule has 1 nitrogen and oxygen atoms in total. The number of ketones is 1. The number of benzene rings is 2. The van der Waals surface area contributed by atoms with E-state index in [-0.39, 0.29) is 11.7 Å². The first-order chi connectivity index (χ1) is 9.18. The Morgan fingerprint density at radius 1 is 0.895 bits per heavy atom. The van der Waals surface area contributed by atoms with E-state index in [2.05, 4.69) is 13.8 Å². The largest absolute Gasteiger partial charge is 0.289 e. The molecule has 0 bridgehead atoms. The minimum absolute atomic E-state index is 0.111. The van der Waals surface area contributed by atoms with Crippen LogP contribution in [0.3, 0.4) is 0 Å². The van der Waals surface area contributed by atoms with Crippen LogP contribution in [0.5, 0.6) is 0 Å². The zero-order chi connectivity index (χ0) is 13.7. The summed E-state index contributed by atoms with van der Waals surface area (Å²) in [7, 11) is 0. The van der Waals surface area contributed by atoms with Crippen molar-refractivity contribution in [1.29, 1.82) is 0 Å². The van der Waals surface area contributed by atoms with E-state index in [0.717, 1.165) is 16.7 Å². The Bertz CT molecular complexity index is 565. The van der Waals surface area contributed by atoms with E-state index in [1.54, 1.807) is 0 Å². The third kappa shape index (κ3) is 3.41. The molecule has 0 aromatic heterocycles. The summed E-state index contributed by atoms with van der Waals surface area (Å²) in [6.45, 7) is 4.10. The van der Waals surface area contributed by atoms with Crippen molar-refractivity contribution < 1.29 is 4.79 Å². The zero-order valence-electron chi connectivity index (χ0n) is 11.3. The van der Waals surface area contributed by atoms with Crippen LogP contribution in [0.4, 0.5) is 0 Å². The van der Waals surface area contributed by atoms with E-state index >= 15 is 0 Å². The number of carbonyl (C=O) groups excluding carboxylic acids is 1. The smallest absolute Gasteiger partial charge is 0.189 e. The number of Topliss-reactive ketones (excluding diaryl/α,β-unsaturated/α-hetero) is 1. The molecular weight excluding hydrogens is 232 g/mol. The van der Waals surface area contributed by atoms with Gasteiger partial charge in [0, 0.05) is 11.1 Å². The monoisotopic (exact) mass is 250 g/mol. The van der Waals surface area contributed by atoms with Crippen molar-refractivity contribution in [1.82, 2.24) is 0 Å². The van der Waals surface area contributed by atoms with Crippen LogP contribution in [0.1, 0.15) is 29.8 Å². The lowest BCUT2D eigenvalue weighted by molar-refractivity contribution is 0.102. The van der Waals surface area contributed by atoms with Gasteiger partial charge >= 0.3 is 0 Å². The summed E-state index contributed by atoms with van der Waals surface area (Å²) in [6, 6.07) is 19.4. The molecule has 0 unspecified atom stereocenters. The average molecular weight is 250 g/mol. The summed E-state index contributed by atoms with van der Waals surface area (Å²) in [5.74, 6) is 0.312. The molecular formula is C18H18O. The number of allylic oxidation sites excluding steroid dienone is 1. The van der Waals surface area contributed by atoms with Crippen molar-refractivity contribution in [2.75, 3.05) is 0 Å². The van der Waals surface area contributed by atoms with Gasteiger partial charge in [-0.3, -0.25) is 4.79 Å². The second-order valence-corrected chi connectivity index (χ2v) is 4.86. The minimum Gasteiger partial charge on any atom is -0.289 e. The molecule has 0 atom stereocenters. The van der Waals surface area contributed by atoms with E-state index in [9.17, 15) is 4.79 Å². The highest BCUT2D eigenvalue weighted by atomic mass is 16.1. The van der Waals surface area contributed by atoms with E-state index in [1.807, 2.05) is 66.7 Å². The van der Waals surface area contributed by atoms with Crippen LogP contribution in [-0.4, -0.2) is 5.78 Å². The van der Waals surface area contributed by atoms with Crippen molar-refractivity contribution in [3.8, 4) is 0 Å². The van der Waals surface area contributed by atoms with E-state index in [4.69, 9.17) is 0 Å². The van der Waals surface area contributed by atoms with E-state index in [0.29, 0.717) is 0 Å². The van der Waals surface area contributed by atoms with Gasteiger partial charge in [-0.2, -0.15) is 0 Å². The predicted octanol–water partition coefficient (Wildman–Crippen LogP) is 4.61. The quantitative estimate of drug-likeness (QED) is 0.572. The molecule has 0 N–H and O–H groups in total. The molecule has 0 heterocycles. The fourth-order valence-corrected chi connectivity index (χ4v) is 1.98. The topological polar surface area (TPSA) is 17.1 Å². The number of rotatable bonds is 4.